The molecule has 1 heterocycles. The summed E-state index contributed by atoms with van der Waals surface area (Å²) in [5, 5.41) is 14.0. The highest BCUT2D eigenvalue weighted by molar-refractivity contribution is 6.23. The third kappa shape index (κ3) is 3.01. The van der Waals surface area contributed by atoms with Crippen LogP contribution < -0.4 is 10.1 Å². The Labute approximate surface area is 143 Å². The van der Waals surface area contributed by atoms with Crippen molar-refractivity contribution in [3.05, 3.63) is 63.7 Å². The standard InChI is InChI=1S/C17H15N3O5/c1-2-25-12-8-6-11(7-9-12)18-10-19-16(21)13-4-3-5-14(20(23)24)15(13)17(19)22/h3-9,18H,2,10H2,1H3. The van der Waals surface area contributed by atoms with Crippen molar-refractivity contribution in [2.45, 2.75) is 6.92 Å². The van der Waals surface area contributed by atoms with E-state index in [9.17, 15) is 19.7 Å². The topological polar surface area (TPSA) is 102 Å². The first-order valence-electron chi connectivity index (χ1n) is 7.63. The third-order valence-corrected chi connectivity index (χ3v) is 3.78. The lowest BCUT2D eigenvalue weighted by molar-refractivity contribution is -0.385. The maximum absolute atomic E-state index is 12.4. The molecule has 0 fully saturated rings. The zero-order valence-corrected chi connectivity index (χ0v) is 13.4. The van der Waals surface area contributed by atoms with E-state index in [4.69, 9.17) is 4.74 Å². The van der Waals surface area contributed by atoms with Crippen molar-refractivity contribution in [2.24, 2.45) is 0 Å². The van der Waals surface area contributed by atoms with Gasteiger partial charge in [-0.25, -0.2) is 0 Å². The van der Waals surface area contributed by atoms with Gasteiger partial charge in [0, 0.05) is 11.8 Å². The number of ether oxygens (including phenoxy) is 1. The van der Waals surface area contributed by atoms with E-state index < -0.39 is 16.7 Å². The van der Waals surface area contributed by atoms with Crippen molar-refractivity contribution in [3.8, 4) is 5.75 Å². The lowest BCUT2D eigenvalue weighted by Crippen LogP contribution is -2.34. The van der Waals surface area contributed by atoms with Crippen LogP contribution >= 0.6 is 0 Å². The third-order valence-electron chi connectivity index (χ3n) is 3.78. The van der Waals surface area contributed by atoms with Crippen LogP contribution in [0.25, 0.3) is 0 Å². The second-order valence-electron chi connectivity index (χ2n) is 5.29. The quantitative estimate of drug-likeness (QED) is 0.492. The number of carbonyl (C=O) groups is 2. The highest BCUT2D eigenvalue weighted by Crippen LogP contribution is 2.30. The van der Waals surface area contributed by atoms with Crippen molar-refractivity contribution in [3.63, 3.8) is 0 Å². The van der Waals surface area contributed by atoms with Crippen LogP contribution in [-0.2, 0) is 0 Å². The Kier molecular flexibility index (Phi) is 4.34. The zero-order chi connectivity index (χ0) is 18.0. The number of nitro groups is 1. The number of imide groups is 1. The number of nitrogens with zero attached hydrogens (tertiary/aromatic N) is 2. The molecule has 0 bridgehead atoms. The number of rotatable bonds is 6. The maximum atomic E-state index is 12.4. The Morgan fingerprint density at radius 3 is 2.48 bits per heavy atom. The average Bonchev–Trinajstić information content (AvgIpc) is 2.85. The summed E-state index contributed by atoms with van der Waals surface area (Å²) in [7, 11) is 0. The Balaban J connectivity index is 1.76. The van der Waals surface area contributed by atoms with Crippen LogP contribution in [0.2, 0.25) is 0 Å². The number of carbonyl (C=O) groups excluding carboxylic acids is 2. The summed E-state index contributed by atoms with van der Waals surface area (Å²) in [5.41, 5.74) is 0.215. The van der Waals surface area contributed by atoms with Gasteiger partial charge in [-0.1, -0.05) is 6.07 Å². The van der Waals surface area contributed by atoms with Gasteiger partial charge in [-0.05, 0) is 37.3 Å². The van der Waals surface area contributed by atoms with Gasteiger partial charge in [0.2, 0.25) is 0 Å². The molecule has 0 unspecified atom stereocenters. The number of hydrogen-bond donors (Lipinski definition) is 1. The SMILES string of the molecule is CCOc1ccc(NCN2C(=O)c3cccc([N+](=O)[O-])c3C2=O)cc1. The summed E-state index contributed by atoms with van der Waals surface area (Å²) in [4.78, 5) is 36.2. The normalized spacial score (nSPS) is 12.9. The smallest absolute Gasteiger partial charge is 0.282 e. The summed E-state index contributed by atoms with van der Waals surface area (Å²) >= 11 is 0. The van der Waals surface area contributed by atoms with E-state index in [2.05, 4.69) is 5.32 Å². The molecule has 0 aromatic heterocycles. The molecule has 8 nitrogen and oxygen atoms in total. The van der Waals surface area contributed by atoms with Gasteiger partial charge in [-0.15, -0.1) is 0 Å². The number of fused-ring (bicyclic) bond motifs is 1. The monoisotopic (exact) mass is 341 g/mol. The van der Waals surface area contributed by atoms with Gasteiger partial charge in [0.15, 0.2) is 0 Å². The van der Waals surface area contributed by atoms with Crippen LogP contribution in [0.4, 0.5) is 11.4 Å². The molecule has 2 amide bonds. The molecule has 25 heavy (non-hydrogen) atoms. The maximum Gasteiger partial charge on any atom is 0.282 e. The zero-order valence-electron chi connectivity index (χ0n) is 13.4. The van der Waals surface area contributed by atoms with Gasteiger partial charge in [0.25, 0.3) is 17.5 Å². The van der Waals surface area contributed by atoms with Gasteiger partial charge in [0.1, 0.15) is 11.3 Å². The minimum absolute atomic E-state index is 0.0488. The van der Waals surface area contributed by atoms with Crippen LogP contribution in [0, 0.1) is 10.1 Å². The van der Waals surface area contributed by atoms with Gasteiger partial charge in [0.05, 0.1) is 23.8 Å². The lowest BCUT2D eigenvalue weighted by Gasteiger charge is -2.15. The highest BCUT2D eigenvalue weighted by atomic mass is 16.6. The molecule has 2 aromatic carbocycles. The molecule has 0 saturated carbocycles. The number of benzene rings is 2. The molecule has 0 radical (unpaired) electrons. The molecule has 128 valence electrons. The van der Waals surface area contributed by atoms with E-state index in [0.29, 0.717) is 18.0 Å². The summed E-state index contributed by atoms with van der Waals surface area (Å²) < 4.78 is 5.34. The second-order valence-corrected chi connectivity index (χ2v) is 5.29. The van der Waals surface area contributed by atoms with Gasteiger partial charge >= 0.3 is 0 Å². The Morgan fingerprint density at radius 2 is 1.84 bits per heavy atom. The largest absolute Gasteiger partial charge is 0.494 e. The van der Waals surface area contributed by atoms with Crippen molar-refractivity contribution in [1.82, 2.24) is 4.90 Å². The fraction of sp³-hybridized carbons (Fsp3) is 0.176. The van der Waals surface area contributed by atoms with E-state index in [-0.39, 0.29) is 23.5 Å². The van der Waals surface area contributed by atoms with Crippen molar-refractivity contribution in [1.29, 1.82) is 0 Å². The predicted molar refractivity (Wildman–Crippen MR) is 89.7 cm³/mol. The molecule has 1 aliphatic rings. The minimum Gasteiger partial charge on any atom is -0.494 e. The van der Waals surface area contributed by atoms with Crippen LogP contribution in [0.3, 0.4) is 0 Å². The van der Waals surface area contributed by atoms with Crippen LogP contribution in [0.1, 0.15) is 27.6 Å². The molecular weight excluding hydrogens is 326 g/mol. The summed E-state index contributed by atoms with van der Waals surface area (Å²) in [5.74, 6) is -0.516. The molecule has 0 atom stereocenters. The molecular formula is C17H15N3O5. The Hall–Kier alpha value is -3.42. The number of nitrogens with one attached hydrogen (secondary N) is 1. The molecule has 0 spiro atoms. The Morgan fingerprint density at radius 1 is 1.12 bits per heavy atom. The molecule has 1 N–H and O–H groups in total. The van der Waals surface area contributed by atoms with Crippen molar-refractivity contribution < 1.29 is 19.2 Å². The molecule has 2 aromatic rings. The van der Waals surface area contributed by atoms with Crippen LogP contribution in [0.15, 0.2) is 42.5 Å². The summed E-state index contributed by atoms with van der Waals surface area (Å²) in [6.45, 7) is 2.35. The summed E-state index contributed by atoms with van der Waals surface area (Å²) in [6, 6.07) is 11.1. The molecule has 0 saturated heterocycles. The number of hydrogen-bond acceptors (Lipinski definition) is 6. The Bertz CT molecular complexity index is 848. The second kappa shape index (κ2) is 6.60. The van der Waals surface area contributed by atoms with E-state index in [0.717, 1.165) is 4.90 Å². The molecule has 8 heteroatoms. The van der Waals surface area contributed by atoms with Crippen molar-refractivity contribution >= 4 is 23.2 Å². The van der Waals surface area contributed by atoms with E-state index in [1.165, 1.54) is 18.2 Å². The minimum atomic E-state index is -0.675. The fourth-order valence-electron chi connectivity index (χ4n) is 2.62. The molecule has 1 aliphatic heterocycles. The molecule has 0 aliphatic carbocycles. The van der Waals surface area contributed by atoms with E-state index in [1.54, 1.807) is 24.3 Å². The van der Waals surface area contributed by atoms with Gasteiger partial charge < -0.3 is 10.1 Å². The lowest BCUT2D eigenvalue weighted by atomic mass is 10.1. The van der Waals surface area contributed by atoms with Crippen LogP contribution in [0.5, 0.6) is 5.75 Å². The van der Waals surface area contributed by atoms with E-state index in [1.807, 2.05) is 6.92 Å². The summed E-state index contributed by atoms with van der Waals surface area (Å²) in [6.07, 6.45) is 0. The van der Waals surface area contributed by atoms with Gasteiger partial charge in [-0.2, -0.15) is 0 Å². The van der Waals surface area contributed by atoms with Crippen LogP contribution in [-0.4, -0.2) is 34.9 Å². The average molecular weight is 341 g/mol. The number of nitro benzene ring substituents is 1. The number of anilines is 1. The van der Waals surface area contributed by atoms with Gasteiger partial charge in [-0.3, -0.25) is 24.6 Å². The first kappa shape index (κ1) is 16.4. The first-order valence-corrected chi connectivity index (χ1v) is 7.63. The van der Waals surface area contributed by atoms with Crippen molar-refractivity contribution in [2.75, 3.05) is 18.6 Å². The fourth-order valence-corrected chi connectivity index (χ4v) is 2.62. The predicted octanol–water partition coefficient (Wildman–Crippen LogP) is 2.66. The number of amides is 2. The molecule has 3 rings (SSSR count). The first-order chi connectivity index (χ1) is 12.0. The highest BCUT2D eigenvalue weighted by Gasteiger charge is 2.40. The van der Waals surface area contributed by atoms with E-state index >= 15 is 0 Å².